The Bertz CT molecular complexity index is 658. The van der Waals surface area contributed by atoms with E-state index in [1.54, 1.807) is 18.1 Å². The lowest BCUT2D eigenvalue weighted by atomic mass is 9.83. The summed E-state index contributed by atoms with van der Waals surface area (Å²) >= 11 is 0. The molecule has 1 aromatic rings. The molecule has 0 bridgehead atoms. The molecule has 2 fully saturated rings. The van der Waals surface area contributed by atoms with Crippen LogP contribution in [0.3, 0.4) is 0 Å². The second-order valence-electron chi connectivity index (χ2n) is 9.71. The molecule has 0 radical (unpaired) electrons. The number of amides is 1. The highest BCUT2D eigenvalue weighted by molar-refractivity contribution is 5.72. The molecule has 3 rings (SSSR count). The van der Waals surface area contributed by atoms with Crippen molar-refractivity contribution in [1.82, 2.24) is 14.7 Å². The number of likely N-dealkylation sites (tertiary alicyclic amines) is 2. The van der Waals surface area contributed by atoms with E-state index in [9.17, 15) is 4.79 Å². The fourth-order valence-electron chi connectivity index (χ4n) is 5.00. The predicted octanol–water partition coefficient (Wildman–Crippen LogP) is 4.28. The van der Waals surface area contributed by atoms with Crippen LogP contribution in [0.5, 0.6) is 0 Å². The van der Waals surface area contributed by atoms with Gasteiger partial charge < -0.3 is 9.80 Å². The zero-order valence-electron chi connectivity index (χ0n) is 18.6. The zero-order valence-corrected chi connectivity index (χ0v) is 18.6. The molecule has 1 atom stereocenters. The Morgan fingerprint density at radius 1 is 1.07 bits per heavy atom. The van der Waals surface area contributed by atoms with E-state index in [0.29, 0.717) is 12.0 Å². The minimum Gasteiger partial charge on any atom is -0.345 e. The van der Waals surface area contributed by atoms with Gasteiger partial charge in [0.05, 0.1) is 0 Å². The summed E-state index contributed by atoms with van der Waals surface area (Å²) in [5.74, 6) is 0.823. The number of nitrogens with zero attached hydrogens (tertiary/aromatic N) is 3. The second-order valence-corrected chi connectivity index (χ2v) is 9.71. The van der Waals surface area contributed by atoms with Crippen LogP contribution in [0.1, 0.15) is 76.5 Å². The summed E-state index contributed by atoms with van der Waals surface area (Å²) in [6, 6.07) is 9.79. The van der Waals surface area contributed by atoms with Gasteiger partial charge in [0, 0.05) is 38.6 Å². The molecule has 2 aliphatic heterocycles. The Balaban J connectivity index is 1.65. The maximum Gasteiger partial charge on any atom is 0.219 e. The molecule has 2 heterocycles. The van der Waals surface area contributed by atoms with Crippen molar-refractivity contribution in [2.45, 2.75) is 70.9 Å². The van der Waals surface area contributed by atoms with Crippen molar-refractivity contribution in [2.24, 2.45) is 0 Å². The van der Waals surface area contributed by atoms with Gasteiger partial charge in [-0.2, -0.15) is 0 Å². The first-order chi connectivity index (χ1) is 13.3. The summed E-state index contributed by atoms with van der Waals surface area (Å²) < 4.78 is 0. The molecule has 0 aromatic heterocycles. The fraction of sp³-hybridized carbons (Fsp3) is 0.708. The smallest absolute Gasteiger partial charge is 0.219 e. The normalized spacial score (nSPS) is 22.5. The number of carbonyl (C=O) groups is 1. The minimum atomic E-state index is 0.156. The average molecular weight is 386 g/mol. The molecule has 4 nitrogen and oxygen atoms in total. The van der Waals surface area contributed by atoms with Gasteiger partial charge in [0.2, 0.25) is 5.91 Å². The Morgan fingerprint density at radius 2 is 1.71 bits per heavy atom. The summed E-state index contributed by atoms with van der Waals surface area (Å²) in [5.41, 5.74) is 3.38. The zero-order chi connectivity index (χ0) is 20.3. The molecular weight excluding hydrogens is 346 g/mol. The number of hydrogen-bond donors (Lipinski definition) is 0. The van der Waals surface area contributed by atoms with E-state index in [2.05, 4.69) is 54.8 Å². The van der Waals surface area contributed by atoms with E-state index in [4.69, 9.17) is 0 Å². The number of rotatable bonds is 5. The van der Waals surface area contributed by atoms with Gasteiger partial charge >= 0.3 is 0 Å². The van der Waals surface area contributed by atoms with Gasteiger partial charge in [-0.25, -0.2) is 0 Å². The molecule has 2 aliphatic rings. The van der Waals surface area contributed by atoms with Gasteiger partial charge in [0.15, 0.2) is 0 Å². The summed E-state index contributed by atoms with van der Waals surface area (Å²) in [6.07, 6.45) is 5.04. The van der Waals surface area contributed by atoms with Crippen molar-refractivity contribution < 1.29 is 4.79 Å². The quantitative estimate of drug-likeness (QED) is 0.757. The van der Waals surface area contributed by atoms with Gasteiger partial charge in [0.25, 0.3) is 0 Å². The highest BCUT2D eigenvalue weighted by atomic mass is 16.2. The SMILES string of the molecule is CC(=O)N(C)CCN1CCC(c2ccccc2[C@H]2CCCN2C(C)(C)C)CC1. The standard InChI is InChI=1S/C24H39N3O/c1-19(28)25(5)17-18-26-15-12-20(13-16-26)21-9-6-7-10-22(21)23-11-8-14-27(23)24(2,3)4/h6-7,9-10,20,23H,8,11-18H2,1-5H3/t23-/m1/s1. The van der Waals surface area contributed by atoms with Crippen molar-refractivity contribution in [2.75, 3.05) is 39.8 Å². The van der Waals surface area contributed by atoms with Crippen molar-refractivity contribution in [3.8, 4) is 0 Å². The van der Waals surface area contributed by atoms with Gasteiger partial charge in [-0.05, 0) is 83.1 Å². The van der Waals surface area contributed by atoms with Crippen LogP contribution >= 0.6 is 0 Å². The number of hydrogen-bond acceptors (Lipinski definition) is 3. The molecule has 0 unspecified atom stereocenters. The lowest BCUT2D eigenvalue weighted by molar-refractivity contribution is -0.127. The Labute approximate surface area is 171 Å². The maximum atomic E-state index is 11.4. The molecule has 0 spiro atoms. The number of likely N-dealkylation sites (N-methyl/N-ethyl adjacent to an activating group) is 1. The Morgan fingerprint density at radius 3 is 2.32 bits per heavy atom. The fourth-order valence-corrected chi connectivity index (χ4v) is 5.00. The third-order valence-corrected chi connectivity index (χ3v) is 6.79. The third-order valence-electron chi connectivity index (χ3n) is 6.79. The van der Waals surface area contributed by atoms with Crippen molar-refractivity contribution in [3.63, 3.8) is 0 Å². The second kappa shape index (κ2) is 8.96. The van der Waals surface area contributed by atoms with Crippen LogP contribution in [0.2, 0.25) is 0 Å². The molecule has 0 aliphatic carbocycles. The van der Waals surface area contributed by atoms with E-state index >= 15 is 0 Å². The van der Waals surface area contributed by atoms with Crippen molar-refractivity contribution in [3.05, 3.63) is 35.4 Å². The molecule has 1 aromatic carbocycles. The molecule has 156 valence electrons. The van der Waals surface area contributed by atoms with Crippen molar-refractivity contribution >= 4 is 5.91 Å². The molecule has 4 heteroatoms. The topological polar surface area (TPSA) is 26.8 Å². The summed E-state index contributed by atoms with van der Waals surface area (Å²) in [6.45, 7) is 14.0. The van der Waals surface area contributed by atoms with Crippen LogP contribution in [0, 0.1) is 0 Å². The Hall–Kier alpha value is -1.39. The van der Waals surface area contributed by atoms with E-state index < -0.39 is 0 Å². The summed E-state index contributed by atoms with van der Waals surface area (Å²) in [5, 5.41) is 0. The third kappa shape index (κ3) is 4.96. The van der Waals surface area contributed by atoms with Crippen LogP contribution in [0.4, 0.5) is 0 Å². The maximum absolute atomic E-state index is 11.4. The van der Waals surface area contributed by atoms with Crippen LogP contribution < -0.4 is 0 Å². The van der Waals surface area contributed by atoms with Crippen molar-refractivity contribution in [1.29, 1.82) is 0 Å². The largest absolute Gasteiger partial charge is 0.345 e. The van der Waals surface area contributed by atoms with E-state index in [0.717, 1.165) is 26.2 Å². The Kier molecular flexibility index (Phi) is 6.82. The highest BCUT2D eigenvalue weighted by Gasteiger charge is 2.35. The first-order valence-electron chi connectivity index (χ1n) is 11.1. The van der Waals surface area contributed by atoms with Crippen LogP contribution in [0.15, 0.2) is 24.3 Å². The van der Waals surface area contributed by atoms with E-state index in [1.807, 2.05) is 11.9 Å². The first-order valence-corrected chi connectivity index (χ1v) is 11.1. The molecule has 0 saturated carbocycles. The lowest BCUT2D eigenvalue weighted by Gasteiger charge is -2.39. The van der Waals surface area contributed by atoms with Gasteiger partial charge in [-0.15, -0.1) is 0 Å². The first kappa shape index (κ1) is 21.3. The summed E-state index contributed by atoms with van der Waals surface area (Å²) in [7, 11) is 1.90. The lowest BCUT2D eigenvalue weighted by Crippen LogP contribution is -2.41. The van der Waals surface area contributed by atoms with E-state index in [-0.39, 0.29) is 11.4 Å². The van der Waals surface area contributed by atoms with E-state index in [1.165, 1.54) is 32.2 Å². The van der Waals surface area contributed by atoms with Gasteiger partial charge in [0.1, 0.15) is 0 Å². The number of benzene rings is 1. The van der Waals surface area contributed by atoms with Crippen LogP contribution in [0.25, 0.3) is 0 Å². The van der Waals surface area contributed by atoms with Crippen LogP contribution in [-0.4, -0.2) is 65.9 Å². The molecule has 0 N–H and O–H groups in total. The summed E-state index contributed by atoms with van der Waals surface area (Å²) in [4.78, 5) is 18.5. The monoisotopic (exact) mass is 385 g/mol. The van der Waals surface area contributed by atoms with Gasteiger partial charge in [-0.3, -0.25) is 9.69 Å². The molecule has 2 saturated heterocycles. The molecule has 1 amide bonds. The highest BCUT2D eigenvalue weighted by Crippen LogP contribution is 2.41. The number of carbonyl (C=O) groups excluding carboxylic acids is 1. The minimum absolute atomic E-state index is 0.156. The molecule has 28 heavy (non-hydrogen) atoms. The average Bonchev–Trinajstić information content (AvgIpc) is 3.16. The van der Waals surface area contributed by atoms with Gasteiger partial charge in [-0.1, -0.05) is 24.3 Å². The van der Waals surface area contributed by atoms with Crippen LogP contribution in [-0.2, 0) is 4.79 Å². The predicted molar refractivity (Wildman–Crippen MR) is 117 cm³/mol. The number of piperidine rings is 1. The molecular formula is C24H39N3O.